The number of fused-ring (bicyclic) bond motifs is 3. The van der Waals surface area contributed by atoms with E-state index in [1.165, 1.54) is 17.7 Å². The zero-order valence-corrected chi connectivity index (χ0v) is 9.51. The highest BCUT2D eigenvalue weighted by atomic mass is 16.5. The van der Waals surface area contributed by atoms with E-state index in [1.807, 2.05) is 0 Å². The van der Waals surface area contributed by atoms with Gasteiger partial charge in [0, 0.05) is 12.4 Å². The largest absolute Gasteiger partial charge is 0.465 e. The number of rotatable bonds is 1. The lowest BCUT2D eigenvalue weighted by Gasteiger charge is -2.03. The third kappa shape index (κ3) is 1.39. The van der Waals surface area contributed by atoms with Crippen molar-refractivity contribution in [1.29, 1.82) is 0 Å². The fourth-order valence-corrected chi connectivity index (χ4v) is 1.92. The molecule has 3 aromatic heterocycles. The summed E-state index contributed by atoms with van der Waals surface area (Å²) >= 11 is 0. The molecule has 0 bridgehead atoms. The van der Waals surface area contributed by atoms with E-state index < -0.39 is 5.97 Å². The first-order chi connectivity index (χ1) is 8.70. The van der Waals surface area contributed by atoms with Crippen molar-refractivity contribution < 1.29 is 9.53 Å². The van der Waals surface area contributed by atoms with E-state index in [2.05, 4.69) is 14.7 Å². The summed E-state index contributed by atoms with van der Waals surface area (Å²) in [6.07, 6.45) is 3.09. The van der Waals surface area contributed by atoms with E-state index in [9.17, 15) is 9.59 Å². The van der Waals surface area contributed by atoms with Crippen LogP contribution in [-0.4, -0.2) is 27.4 Å². The van der Waals surface area contributed by atoms with E-state index in [0.29, 0.717) is 22.1 Å². The van der Waals surface area contributed by atoms with Crippen LogP contribution in [0.4, 0.5) is 0 Å². The van der Waals surface area contributed by atoms with Crippen LogP contribution in [0.1, 0.15) is 10.4 Å². The molecule has 0 atom stereocenters. The number of carbonyl (C=O) groups excluding carboxylic acids is 1. The van der Waals surface area contributed by atoms with Gasteiger partial charge in [-0.1, -0.05) is 0 Å². The van der Waals surface area contributed by atoms with Gasteiger partial charge in [-0.3, -0.25) is 9.38 Å². The summed E-state index contributed by atoms with van der Waals surface area (Å²) in [6, 6.07) is 5.12. The lowest BCUT2D eigenvalue weighted by Crippen LogP contribution is -2.16. The van der Waals surface area contributed by atoms with Gasteiger partial charge in [0.05, 0.1) is 23.7 Å². The molecular weight excluding hydrogens is 234 g/mol. The minimum absolute atomic E-state index is 0.272. The maximum atomic E-state index is 11.8. The molecule has 3 aromatic rings. The van der Waals surface area contributed by atoms with Crippen LogP contribution in [0.3, 0.4) is 0 Å². The van der Waals surface area contributed by atoms with Gasteiger partial charge < -0.3 is 9.72 Å². The van der Waals surface area contributed by atoms with Gasteiger partial charge in [0.1, 0.15) is 5.52 Å². The Balaban J connectivity index is 2.39. The molecule has 0 saturated carbocycles. The van der Waals surface area contributed by atoms with Crippen LogP contribution in [0, 0.1) is 0 Å². The first-order valence-electron chi connectivity index (χ1n) is 5.28. The fraction of sp³-hybridized carbons (Fsp3) is 0.0833. The number of carbonyl (C=O) groups is 1. The molecule has 0 radical (unpaired) electrons. The van der Waals surface area contributed by atoms with Crippen molar-refractivity contribution in [1.82, 2.24) is 14.4 Å². The van der Waals surface area contributed by atoms with Crippen LogP contribution in [0.2, 0.25) is 0 Å². The number of nitrogens with one attached hydrogen (secondary N) is 1. The zero-order chi connectivity index (χ0) is 12.7. The number of esters is 1. The van der Waals surface area contributed by atoms with Crippen molar-refractivity contribution in [2.75, 3.05) is 7.11 Å². The average molecular weight is 243 g/mol. The van der Waals surface area contributed by atoms with Crippen molar-refractivity contribution in [3.8, 4) is 0 Å². The van der Waals surface area contributed by atoms with Gasteiger partial charge >= 0.3 is 11.7 Å². The monoisotopic (exact) mass is 243 g/mol. The van der Waals surface area contributed by atoms with Crippen LogP contribution in [0.5, 0.6) is 0 Å². The Labute approximate surface area is 101 Å². The van der Waals surface area contributed by atoms with Gasteiger partial charge in [-0.25, -0.2) is 9.59 Å². The quantitative estimate of drug-likeness (QED) is 0.646. The molecule has 0 aliphatic carbocycles. The van der Waals surface area contributed by atoms with Gasteiger partial charge in [-0.15, -0.1) is 0 Å². The van der Waals surface area contributed by atoms with Crippen molar-refractivity contribution >= 4 is 22.5 Å². The molecule has 18 heavy (non-hydrogen) atoms. The molecular formula is C12H9N3O3. The summed E-state index contributed by atoms with van der Waals surface area (Å²) in [7, 11) is 1.30. The van der Waals surface area contributed by atoms with Crippen molar-refractivity contribution in [3.63, 3.8) is 0 Å². The Morgan fingerprint density at radius 1 is 1.50 bits per heavy atom. The molecule has 6 heteroatoms. The summed E-state index contributed by atoms with van der Waals surface area (Å²) in [4.78, 5) is 30.0. The van der Waals surface area contributed by atoms with Crippen LogP contribution in [0.25, 0.3) is 16.6 Å². The summed E-state index contributed by atoms with van der Waals surface area (Å²) in [5.41, 5.74) is 1.87. The first kappa shape index (κ1) is 10.5. The zero-order valence-electron chi connectivity index (χ0n) is 9.51. The molecule has 0 aromatic carbocycles. The molecule has 0 saturated heterocycles. The molecule has 1 N–H and O–H groups in total. The summed E-state index contributed by atoms with van der Waals surface area (Å²) in [5, 5.41) is 0. The maximum absolute atomic E-state index is 11.8. The van der Waals surface area contributed by atoms with E-state index in [0.717, 1.165) is 0 Å². The lowest BCUT2D eigenvalue weighted by molar-refractivity contribution is 0.0600. The summed E-state index contributed by atoms with van der Waals surface area (Å²) in [6.45, 7) is 0. The van der Waals surface area contributed by atoms with E-state index in [4.69, 9.17) is 0 Å². The van der Waals surface area contributed by atoms with Crippen molar-refractivity contribution in [2.45, 2.75) is 0 Å². The van der Waals surface area contributed by atoms with Crippen LogP contribution >= 0.6 is 0 Å². The highest BCUT2D eigenvalue weighted by molar-refractivity contribution is 5.96. The number of H-pyrrole nitrogens is 1. The third-order valence-electron chi connectivity index (χ3n) is 2.76. The van der Waals surface area contributed by atoms with Crippen LogP contribution in [0.15, 0.2) is 35.4 Å². The number of hydrogen-bond donors (Lipinski definition) is 1. The Bertz CT molecular complexity index is 816. The Morgan fingerprint density at radius 2 is 2.33 bits per heavy atom. The summed E-state index contributed by atoms with van der Waals surface area (Å²) < 4.78 is 6.08. The predicted octanol–water partition coefficient (Wildman–Crippen LogP) is 0.962. The maximum Gasteiger partial charge on any atom is 0.339 e. The van der Waals surface area contributed by atoms with Gasteiger partial charge in [0.15, 0.2) is 0 Å². The highest BCUT2D eigenvalue weighted by Crippen LogP contribution is 2.15. The lowest BCUT2D eigenvalue weighted by atomic mass is 10.2. The van der Waals surface area contributed by atoms with Crippen molar-refractivity contribution in [2.24, 2.45) is 0 Å². The molecule has 90 valence electrons. The fourth-order valence-electron chi connectivity index (χ4n) is 1.92. The number of aromatic amines is 1. The highest BCUT2D eigenvalue weighted by Gasteiger charge is 2.10. The second-order valence-corrected chi connectivity index (χ2v) is 3.81. The van der Waals surface area contributed by atoms with Gasteiger partial charge in [-0.05, 0) is 18.2 Å². The number of aromatic nitrogens is 3. The summed E-state index contributed by atoms with van der Waals surface area (Å²) in [5.74, 6) is -0.486. The SMILES string of the molecule is COC(=O)c1cnc2c(c1)[nH]c(=O)n1cccc21. The Kier molecular flexibility index (Phi) is 2.16. The molecule has 0 spiro atoms. The topological polar surface area (TPSA) is 76.5 Å². The molecule has 6 nitrogen and oxygen atoms in total. The number of ether oxygens (including phenoxy) is 1. The minimum atomic E-state index is -0.486. The van der Waals surface area contributed by atoms with E-state index in [1.54, 1.807) is 24.4 Å². The molecule has 0 unspecified atom stereocenters. The predicted molar refractivity (Wildman–Crippen MR) is 64.7 cm³/mol. The first-order valence-corrected chi connectivity index (χ1v) is 5.28. The normalized spacial score (nSPS) is 10.9. The van der Waals surface area contributed by atoms with Gasteiger partial charge in [-0.2, -0.15) is 0 Å². The minimum Gasteiger partial charge on any atom is -0.465 e. The number of methoxy groups -OCH3 is 1. The van der Waals surface area contributed by atoms with Crippen LogP contribution < -0.4 is 5.69 Å². The molecule has 0 aliphatic rings. The Hall–Kier alpha value is -2.63. The third-order valence-corrected chi connectivity index (χ3v) is 2.76. The van der Waals surface area contributed by atoms with Crippen molar-refractivity contribution in [3.05, 3.63) is 46.6 Å². The average Bonchev–Trinajstić information content (AvgIpc) is 2.87. The number of hydrogen-bond acceptors (Lipinski definition) is 4. The van der Waals surface area contributed by atoms with Crippen LogP contribution in [-0.2, 0) is 4.74 Å². The Morgan fingerprint density at radius 3 is 3.11 bits per heavy atom. The molecule has 0 amide bonds. The van der Waals surface area contributed by atoms with E-state index >= 15 is 0 Å². The molecule has 3 heterocycles. The van der Waals surface area contributed by atoms with E-state index in [-0.39, 0.29) is 5.69 Å². The number of pyridine rings is 1. The number of nitrogens with zero attached hydrogens (tertiary/aromatic N) is 2. The second-order valence-electron chi connectivity index (χ2n) is 3.81. The standard InChI is InChI=1S/C12H9N3O3/c1-18-11(16)7-5-8-10(13-6-7)9-3-2-4-15(9)12(17)14-8/h2-6H,1H3,(H,14,17). The smallest absolute Gasteiger partial charge is 0.339 e. The van der Waals surface area contributed by atoms with Gasteiger partial charge in [0.25, 0.3) is 0 Å². The molecule has 0 fully saturated rings. The second kappa shape index (κ2) is 3.69. The van der Waals surface area contributed by atoms with Gasteiger partial charge in [0.2, 0.25) is 0 Å². The molecule has 0 aliphatic heterocycles. The molecule has 3 rings (SSSR count).